The fourth-order valence-electron chi connectivity index (χ4n) is 2.63. The van der Waals surface area contributed by atoms with Crippen molar-refractivity contribution in [3.05, 3.63) is 29.8 Å². The molecule has 1 amide bonds. The van der Waals surface area contributed by atoms with Gasteiger partial charge < -0.3 is 15.4 Å². The van der Waals surface area contributed by atoms with Crippen LogP contribution in [0.25, 0.3) is 0 Å². The Labute approximate surface area is 139 Å². The Bertz CT molecular complexity index is 479. The van der Waals surface area contributed by atoms with E-state index in [4.69, 9.17) is 4.74 Å². The van der Waals surface area contributed by atoms with Crippen LogP contribution in [0, 0.1) is 5.92 Å². The van der Waals surface area contributed by atoms with Crippen LogP contribution in [0.15, 0.2) is 24.3 Å². The van der Waals surface area contributed by atoms with Gasteiger partial charge in [-0.15, -0.1) is 12.4 Å². The molecule has 2 atom stereocenters. The fourth-order valence-corrected chi connectivity index (χ4v) is 2.63. The minimum Gasteiger partial charge on any atom is -0.491 e. The first-order chi connectivity index (χ1) is 10.1. The van der Waals surface area contributed by atoms with E-state index in [1.807, 2.05) is 38.1 Å². The number of carbonyl (C=O) groups is 1. The molecule has 4 nitrogen and oxygen atoms in total. The molecule has 0 bridgehead atoms. The van der Waals surface area contributed by atoms with E-state index in [2.05, 4.69) is 17.6 Å². The van der Waals surface area contributed by atoms with E-state index in [0.29, 0.717) is 12.3 Å². The molecule has 2 unspecified atom stereocenters. The van der Waals surface area contributed by atoms with Gasteiger partial charge in [-0.25, -0.2) is 0 Å². The summed E-state index contributed by atoms with van der Waals surface area (Å²) in [6, 6.07) is 7.99. The monoisotopic (exact) mass is 326 g/mol. The Hall–Kier alpha value is -1.26. The molecule has 1 heterocycles. The van der Waals surface area contributed by atoms with E-state index in [1.54, 1.807) is 0 Å². The molecule has 0 aliphatic carbocycles. The van der Waals surface area contributed by atoms with Crippen molar-refractivity contribution in [3.63, 3.8) is 0 Å². The van der Waals surface area contributed by atoms with E-state index in [9.17, 15) is 4.79 Å². The maximum atomic E-state index is 12.3. The van der Waals surface area contributed by atoms with E-state index in [1.165, 1.54) is 0 Å². The van der Waals surface area contributed by atoms with E-state index in [0.717, 1.165) is 30.8 Å². The van der Waals surface area contributed by atoms with Crippen LogP contribution < -0.4 is 15.4 Å². The summed E-state index contributed by atoms with van der Waals surface area (Å²) in [4.78, 5) is 12.3. The number of hydrogen-bond acceptors (Lipinski definition) is 3. The van der Waals surface area contributed by atoms with Crippen molar-refractivity contribution in [1.82, 2.24) is 10.6 Å². The molecule has 1 saturated heterocycles. The van der Waals surface area contributed by atoms with Crippen LogP contribution in [-0.2, 0) is 11.2 Å². The van der Waals surface area contributed by atoms with Crippen LogP contribution in [-0.4, -0.2) is 31.1 Å². The smallest absolute Gasteiger partial charge is 0.224 e. The summed E-state index contributed by atoms with van der Waals surface area (Å²) in [5, 5.41) is 6.47. The number of amides is 1. The summed E-state index contributed by atoms with van der Waals surface area (Å²) in [7, 11) is 0. The van der Waals surface area contributed by atoms with Crippen molar-refractivity contribution in [2.75, 3.05) is 13.1 Å². The summed E-state index contributed by atoms with van der Waals surface area (Å²) in [6.45, 7) is 8.08. The fraction of sp³-hybridized carbons (Fsp3) is 0.588. The lowest BCUT2D eigenvalue weighted by atomic mass is 9.94. The van der Waals surface area contributed by atoms with E-state index in [-0.39, 0.29) is 30.5 Å². The van der Waals surface area contributed by atoms with Gasteiger partial charge in [0.25, 0.3) is 0 Å². The lowest BCUT2D eigenvalue weighted by molar-refractivity contribution is -0.121. The van der Waals surface area contributed by atoms with Crippen LogP contribution in [0.1, 0.15) is 32.8 Å². The van der Waals surface area contributed by atoms with Crippen molar-refractivity contribution in [3.8, 4) is 5.75 Å². The molecular formula is C17H27ClN2O2. The number of benzene rings is 1. The van der Waals surface area contributed by atoms with Crippen molar-refractivity contribution < 1.29 is 9.53 Å². The number of piperidine rings is 1. The highest BCUT2D eigenvalue weighted by atomic mass is 35.5. The predicted molar refractivity (Wildman–Crippen MR) is 91.7 cm³/mol. The third-order valence-electron chi connectivity index (χ3n) is 3.86. The number of halogens is 1. The Balaban J connectivity index is 0.00000242. The molecule has 1 aliphatic rings. The number of para-hydroxylation sites is 1. The van der Waals surface area contributed by atoms with Gasteiger partial charge in [-0.3, -0.25) is 4.79 Å². The SMILES string of the molecule is CC(C)Oc1ccccc1CC(=O)NC1CNCCC1C.Cl. The average molecular weight is 327 g/mol. The van der Waals surface area contributed by atoms with Crippen molar-refractivity contribution in [2.24, 2.45) is 5.92 Å². The lowest BCUT2D eigenvalue weighted by Crippen LogP contribution is -2.50. The molecule has 1 fully saturated rings. The molecule has 22 heavy (non-hydrogen) atoms. The van der Waals surface area contributed by atoms with Crippen molar-refractivity contribution >= 4 is 18.3 Å². The second kappa shape index (κ2) is 9.01. The molecule has 2 rings (SSSR count). The maximum absolute atomic E-state index is 12.3. The summed E-state index contributed by atoms with van der Waals surface area (Å²) in [5.74, 6) is 1.39. The highest BCUT2D eigenvalue weighted by Crippen LogP contribution is 2.20. The van der Waals surface area contributed by atoms with Gasteiger partial charge >= 0.3 is 0 Å². The molecule has 0 aromatic heterocycles. The van der Waals surface area contributed by atoms with Gasteiger partial charge in [0.05, 0.1) is 12.5 Å². The molecule has 0 saturated carbocycles. The molecule has 5 heteroatoms. The van der Waals surface area contributed by atoms with Gasteiger partial charge in [0, 0.05) is 18.2 Å². The number of carbonyl (C=O) groups excluding carboxylic acids is 1. The Morgan fingerprint density at radius 3 is 2.82 bits per heavy atom. The maximum Gasteiger partial charge on any atom is 0.224 e. The summed E-state index contributed by atoms with van der Waals surface area (Å²) in [5.41, 5.74) is 0.945. The standard InChI is InChI=1S/C17H26N2O2.ClH/c1-12(2)21-16-7-5-4-6-14(16)10-17(20)19-15-11-18-9-8-13(15)3;/h4-7,12-13,15,18H,8-11H2,1-3H3,(H,19,20);1H. The Morgan fingerprint density at radius 2 is 2.14 bits per heavy atom. The second-order valence-corrected chi connectivity index (χ2v) is 6.10. The van der Waals surface area contributed by atoms with Gasteiger partial charge in [-0.2, -0.15) is 0 Å². The zero-order valence-electron chi connectivity index (χ0n) is 13.6. The third-order valence-corrected chi connectivity index (χ3v) is 3.86. The second-order valence-electron chi connectivity index (χ2n) is 6.10. The highest BCUT2D eigenvalue weighted by Gasteiger charge is 2.22. The molecule has 0 radical (unpaired) electrons. The van der Waals surface area contributed by atoms with Crippen LogP contribution >= 0.6 is 12.4 Å². The zero-order chi connectivity index (χ0) is 15.2. The van der Waals surface area contributed by atoms with Crippen LogP contribution in [0.4, 0.5) is 0 Å². The predicted octanol–water partition coefficient (Wildman–Crippen LogP) is 2.55. The first-order valence-electron chi connectivity index (χ1n) is 7.81. The summed E-state index contributed by atoms with van der Waals surface area (Å²) < 4.78 is 5.76. The molecule has 124 valence electrons. The number of rotatable bonds is 5. The van der Waals surface area contributed by atoms with E-state index >= 15 is 0 Å². The normalized spacial score (nSPS) is 21.1. The molecular weight excluding hydrogens is 300 g/mol. The summed E-state index contributed by atoms with van der Waals surface area (Å²) >= 11 is 0. The van der Waals surface area contributed by atoms with Gasteiger partial charge in [0.15, 0.2) is 0 Å². The molecule has 1 aliphatic heterocycles. The van der Waals surface area contributed by atoms with Gasteiger partial charge in [-0.1, -0.05) is 25.1 Å². The summed E-state index contributed by atoms with van der Waals surface area (Å²) in [6.07, 6.45) is 1.58. The van der Waals surface area contributed by atoms with E-state index < -0.39 is 0 Å². The quantitative estimate of drug-likeness (QED) is 0.874. The number of hydrogen-bond donors (Lipinski definition) is 2. The number of nitrogens with one attached hydrogen (secondary N) is 2. The highest BCUT2D eigenvalue weighted by molar-refractivity contribution is 5.85. The average Bonchev–Trinajstić information content (AvgIpc) is 2.43. The van der Waals surface area contributed by atoms with Crippen LogP contribution in [0.2, 0.25) is 0 Å². The molecule has 1 aromatic carbocycles. The third kappa shape index (κ3) is 5.50. The molecule has 2 N–H and O–H groups in total. The van der Waals surface area contributed by atoms with Crippen LogP contribution in [0.3, 0.4) is 0 Å². The van der Waals surface area contributed by atoms with Crippen LogP contribution in [0.5, 0.6) is 5.75 Å². The zero-order valence-corrected chi connectivity index (χ0v) is 14.4. The van der Waals surface area contributed by atoms with Gasteiger partial charge in [-0.05, 0) is 38.8 Å². The number of ether oxygens (including phenoxy) is 1. The van der Waals surface area contributed by atoms with Gasteiger partial charge in [0.2, 0.25) is 5.91 Å². The van der Waals surface area contributed by atoms with Crippen molar-refractivity contribution in [2.45, 2.75) is 45.8 Å². The minimum absolute atomic E-state index is 0. The van der Waals surface area contributed by atoms with Gasteiger partial charge in [0.1, 0.15) is 5.75 Å². The largest absolute Gasteiger partial charge is 0.491 e. The Kier molecular flexibility index (Phi) is 7.69. The first kappa shape index (κ1) is 18.8. The molecule has 1 aromatic rings. The first-order valence-corrected chi connectivity index (χ1v) is 7.81. The topological polar surface area (TPSA) is 50.4 Å². The Morgan fingerprint density at radius 1 is 1.41 bits per heavy atom. The molecule has 0 spiro atoms. The van der Waals surface area contributed by atoms with Crippen molar-refractivity contribution in [1.29, 1.82) is 0 Å². The lowest BCUT2D eigenvalue weighted by Gasteiger charge is -2.30. The minimum atomic E-state index is 0.